The van der Waals surface area contributed by atoms with Crippen LogP contribution in [0.4, 0.5) is 13.2 Å². The first-order chi connectivity index (χ1) is 13.4. The molecule has 1 N–H and O–H groups in total. The van der Waals surface area contributed by atoms with Gasteiger partial charge in [0, 0.05) is 44.4 Å². The lowest BCUT2D eigenvalue weighted by Gasteiger charge is -2.21. The Morgan fingerprint density at radius 1 is 1.34 bits per heavy atom. The first-order valence-corrected chi connectivity index (χ1v) is 9.90. The number of thiazole rings is 1. The Kier molecular flexibility index (Phi) is 8.56. The molecule has 1 saturated heterocycles. The molecular weight excluding hydrogens is 516 g/mol. The normalized spacial score (nSPS) is 17.2. The van der Waals surface area contributed by atoms with Gasteiger partial charge in [-0.15, -0.1) is 35.3 Å². The second kappa shape index (κ2) is 10.5. The number of halogens is 4. The minimum Gasteiger partial charge on any atom is -0.497 e. The average Bonchev–Trinajstić information content (AvgIpc) is 3.35. The Balaban J connectivity index is 0.00000300. The number of rotatable bonds is 5. The SMILES string of the molecule is CN=C(NCCc1nc(C(F)(F)F)cs1)N1CCC(c2ccc(OC)cc2)C1.I. The Morgan fingerprint density at radius 3 is 2.66 bits per heavy atom. The first-order valence-electron chi connectivity index (χ1n) is 9.02. The number of ether oxygens (including phenoxy) is 1. The molecule has 1 aromatic heterocycles. The van der Waals surface area contributed by atoms with E-state index in [1.165, 1.54) is 5.56 Å². The topological polar surface area (TPSA) is 49.8 Å². The van der Waals surface area contributed by atoms with Crippen molar-refractivity contribution in [1.82, 2.24) is 15.2 Å². The van der Waals surface area contributed by atoms with Crippen LogP contribution in [0.5, 0.6) is 5.75 Å². The van der Waals surface area contributed by atoms with Gasteiger partial charge in [-0.1, -0.05) is 12.1 Å². The molecule has 1 aliphatic heterocycles. The number of likely N-dealkylation sites (tertiary alicyclic amines) is 1. The smallest absolute Gasteiger partial charge is 0.434 e. The van der Waals surface area contributed by atoms with Crippen molar-refractivity contribution in [3.63, 3.8) is 0 Å². The van der Waals surface area contributed by atoms with Crippen molar-refractivity contribution >= 4 is 41.3 Å². The molecule has 160 valence electrons. The van der Waals surface area contributed by atoms with Crippen LogP contribution in [-0.2, 0) is 12.6 Å². The minimum absolute atomic E-state index is 0. The molecule has 0 saturated carbocycles. The third-order valence-corrected chi connectivity index (χ3v) is 5.66. The molecule has 0 amide bonds. The summed E-state index contributed by atoms with van der Waals surface area (Å²) in [6.45, 7) is 2.22. The monoisotopic (exact) mass is 540 g/mol. The predicted octanol–water partition coefficient (Wildman–Crippen LogP) is 4.40. The van der Waals surface area contributed by atoms with Crippen molar-refractivity contribution in [3.05, 3.63) is 45.9 Å². The van der Waals surface area contributed by atoms with Gasteiger partial charge in [-0.05, 0) is 24.1 Å². The molecule has 0 spiro atoms. The molecular formula is C19H24F3IN4OS. The lowest BCUT2D eigenvalue weighted by Crippen LogP contribution is -2.40. The van der Waals surface area contributed by atoms with Crippen LogP contribution in [0.25, 0.3) is 0 Å². The molecule has 1 aromatic carbocycles. The summed E-state index contributed by atoms with van der Waals surface area (Å²) < 4.78 is 43.1. The van der Waals surface area contributed by atoms with Crippen molar-refractivity contribution in [1.29, 1.82) is 0 Å². The van der Waals surface area contributed by atoms with Crippen LogP contribution in [0.2, 0.25) is 0 Å². The summed E-state index contributed by atoms with van der Waals surface area (Å²) in [4.78, 5) is 10.2. The molecule has 5 nitrogen and oxygen atoms in total. The van der Waals surface area contributed by atoms with Gasteiger partial charge in [-0.25, -0.2) is 4.98 Å². The molecule has 1 fully saturated rings. The maximum absolute atomic E-state index is 12.6. The molecule has 0 aliphatic carbocycles. The summed E-state index contributed by atoms with van der Waals surface area (Å²) >= 11 is 1.03. The number of nitrogens with zero attached hydrogens (tertiary/aromatic N) is 3. The Morgan fingerprint density at radius 2 is 2.07 bits per heavy atom. The standard InChI is InChI=1S/C19H23F3N4OS.HI/c1-23-18(24-9-7-17-25-16(12-28-17)19(20,21)22)26-10-8-14(11-26)13-3-5-15(27-2)6-4-13;/h3-6,12,14H,7-11H2,1-2H3,(H,23,24);1H. The van der Waals surface area contributed by atoms with Crippen LogP contribution >= 0.6 is 35.3 Å². The van der Waals surface area contributed by atoms with E-state index < -0.39 is 11.9 Å². The molecule has 29 heavy (non-hydrogen) atoms. The summed E-state index contributed by atoms with van der Waals surface area (Å²) in [6, 6.07) is 8.11. The molecule has 2 aromatic rings. The average molecular weight is 540 g/mol. The largest absolute Gasteiger partial charge is 0.497 e. The van der Waals surface area contributed by atoms with Gasteiger partial charge in [0.05, 0.1) is 12.1 Å². The fourth-order valence-corrected chi connectivity index (χ4v) is 4.08. The second-order valence-electron chi connectivity index (χ2n) is 6.55. The Bertz CT molecular complexity index is 811. The first kappa shape index (κ1) is 23.7. The zero-order valence-corrected chi connectivity index (χ0v) is 19.3. The maximum Gasteiger partial charge on any atom is 0.434 e. The summed E-state index contributed by atoms with van der Waals surface area (Å²) in [6.07, 6.45) is -2.94. The van der Waals surface area contributed by atoms with E-state index in [0.717, 1.165) is 47.9 Å². The van der Waals surface area contributed by atoms with Gasteiger partial charge in [0.2, 0.25) is 0 Å². The van der Waals surface area contributed by atoms with Crippen molar-refractivity contribution in [2.75, 3.05) is 33.8 Å². The zero-order chi connectivity index (χ0) is 20.1. The summed E-state index contributed by atoms with van der Waals surface area (Å²) in [7, 11) is 3.37. The number of benzene rings is 1. The van der Waals surface area contributed by atoms with Crippen LogP contribution in [0, 0.1) is 0 Å². The molecule has 1 unspecified atom stereocenters. The molecule has 0 radical (unpaired) electrons. The van der Waals surface area contributed by atoms with Gasteiger partial charge in [-0.3, -0.25) is 4.99 Å². The van der Waals surface area contributed by atoms with Gasteiger partial charge in [0.15, 0.2) is 11.7 Å². The third kappa shape index (κ3) is 6.21. The van der Waals surface area contributed by atoms with E-state index in [0.29, 0.717) is 23.9 Å². The molecule has 3 rings (SSSR count). The van der Waals surface area contributed by atoms with Crippen molar-refractivity contribution in [2.45, 2.75) is 24.9 Å². The van der Waals surface area contributed by atoms with Gasteiger partial charge in [-0.2, -0.15) is 13.2 Å². The maximum atomic E-state index is 12.6. The Hall–Kier alpha value is -1.56. The highest BCUT2D eigenvalue weighted by Gasteiger charge is 2.33. The highest BCUT2D eigenvalue weighted by Crippen LogP contribution is 2.30. The van der Waals surface area contributed by atoms with Crippen molar-refractivity contribution < 1.29 is 17.9 Å². The van der Waals surface area contributed by atoms with Crippen LogP contribution in [0.1, 0.15) is 28.6 Å². The van der Waals surface area contributed by atoms with Crippen LogP contribution in [0.15, 0.2) is 34.6 Å². The fraction of sp³-hybridized carbons (Fsp3) is 0.474. The zero-order valence-electron chi connectivity index (χ0n) is 16.2. The van der Waals surface area contributed by atoms with Gasteiger partial charge >= 0.3 is 6.18 Å². The lowest BCUT2D eigenvalue weighted by molar-refractivity contribution is -0.140. The van der Waals surface area contributed by atoms with Crippen molar-refractivity contribution in [3.8, 4) is 5.75 Å². The number of hydrogen-bond donors (Lipinski definition) is 1. The number of guanidine groups is 1. The van der Waals surface area contributed by atoms with Gasteiger partial charge in [0.1, 0.15) is 5.75 Å². The number of alkyl halides is 3. The quantitative estimate of drug-likeness (QED) is 0.347. The molecule has 1 aliphatic rings. The number of aliphatic imine (C=N–C) groups is 1. The van der Waals surface area contributed by atoms with E-state index in [-0.39, 0.29) is 24.0 Å². The van der Waals surface area contributed by atoms with Crippen LogP contribution in [-0.4, -0.2) is 49.6 Å². The van der Waals surface area contributed by atoms with Gasteiger partial charge in [0.25, 0.3) is 0 Å². The third-order valence-electron chi connectivity index (χ3n) is 4.75. The summed E-state index contributed by atoms with van der Waals surface area (Å²) in [5, 5.41) is 4.76. The van der Waals surface area contributed by atoms with E-state index in [1.54, 1.807) is 14.2 Å². The highest BCUT2D eigenvalue weighted by molar-refractivity contribution is 14.0. The molecule has 10 heteroatoms. The number of methoxy groups -OCH3 is 1. The van der Waals surface area contributed by atoms with Crippen LogP contribution < -0.4 is 10.1 Å². The van der Waals surface area contributed by atoms with E-state index >= 15 is 0 Å². The molecule has 2 heterocycles. The number of hydrogen-bond acceptors (Lipinski definition) is 4. The number of aromatic nitrogens is 1. The predicted molar refractivity (Wildman–Crippen MR) is 120 cm³/mol. The summed E-state index contributed by atoms with van der Waals surface area (Å²) in [5.74, 6) is 2.02. The lowest BCUT2D eigenvalue weighted by atomic mass is 9.98. The van der Waals surface area contributed by atoms with E-state index in [4.69, 9.17) is 4.74 Å². The van der Waals surface area contributed by atoms with E-state index in [9.17, 15) is 13.2 Å². The Labute approximate surface area is 189 Å². The molecule has 1 atom stereocenters. The van der Waals surface area contributed by atoms with Crippen LogP contribution in [0.3, 0.4) is 0 Å². The van der Waals surface area contributed by atoms with Gasteiger partial charge < -0.3 is 15.0 Å². The summed E-state index contributed by atoms with van der Waals surface area (Å²) in [5.41, 5.74) is 0.444. The molecule has 0 bridgehead atoms. The van der Waals surface area contributed by atoms with E-state index in [1.807, 2.05) is 12.1 Å². The highest BCUT2D eigenvalue weighted by atomic mass is 127. The fourth-order valence-electron chi connectivity index (χ4n) is 3.27. The van der Waals surface area contributed by atoms with E-state index in [2.05, 4.69) is 32.3 Å². The van der Waals surface area contributed by atoms with Crippen molar-refractivity contribution in [2.24, 2.45) is 4.99 Å². The second-order valence-corrected chi connectivity index (χ2v) is 7.50. The minimum atomic E-state index is -4.38. The number of nitrogens with one attached hydrogen (secondary N) is 1.